The molecule has 0 bridgehead atoms. The lowest BCUT2D eigenvalue weighted by Crippen LogP contribution is -2.27. The van der Waals surface area contributed by atoms with Gasteiger partial charge in [0.2, 0.25) is 0 Å². The van der Waals surface area contributed by atoms with E-state index in [4.69, 9.17) is 5.73 Å². The number of aryl methyl sites for hydroxylation is 1. The van der Waals surface area contributed by atoms with Gasteiger partial charge >= 0.3 is 0 Å². The Morgan fingerprint density at radius 2 is 2.30 bits per heavy atom. The second-order valence-electron chi connectivity index (χ2n) is 4.92. The van der Waals surface area contributed by atoms with Crippen LogP contribution in [0, 0.1) is 0 Å². The van der Waals surface area contributed by atoms with Gasteiger partial charge in [-0.15, -0.1) is 5.10 Å². The number of nitrogens with one attached hydrogen (secondary N) is 1. The lowest BCUT2D eigenvalue weighted by molar-refractivity contribution is 0.0931. The second kappa shape index (κ2) is 5.42. The molecule has 20 heavy (non-hydrogen) atoms. The minimum atomic E-state index is -0.185. The van der Waals surface area contributed by atoms with E-state index in [-0.39, 0.29) is 11.9 Å². The van der Waals surface area contributed by atoms with Crippen LogP contribution in [0.5, 0.6) is 0 Å². The number of benzene rings is 1. The van der Waals surface area contributed by atoms with Gasteiger partial charge in [-0.2, -0.15) is 0 Å². The number of hydrogen-bond acceptors (Lipinski definition) is 4. The van der Waals surface area contributed by atoms with Crippen LogP contribution >= 0.6 is 0 Å². The highest BCUT2D eigenvalue weighted by Crippen LogP contribution is 2.30. The van der Waals surface area contributed by atoms with Crippen LogP contribution in [0.15, 0.2) is 30.5 Å². The lowest BCUT2D eigenvalue weighted by atomic mass is 10.1. The molecule has 1 aromatic carbocycles. The van der Waals surface area contributed by atoms with Gasteiger partial charge in [-0.1, -0.05) is 29.5 Å². The van der Waals surface area contributed by atoms with Gasteiger partial charge in [0.1, 0.15) is 0 Å². The lowest BCUT2D eigenvalue weighted by Gasteiger charge is -2.12. The van der Waals surface area contributed by atoms with E-state index in [0.717, 1.165) is 12.8 Å². The first-order chi connectivity index (χ1) is 9.78. The summed E-state index contributed by atoms with van der Waals surface area (Å²) in [5.41, 5.74) is 8.29. The molecule has 1 aliphatic carbocycles. The summed E-state index contributed by atoms with van der Waals surface area (Å²) in [6, 6.07) is 8.28. The Bertz CT molecular complexity index is 622. The SMILES string of the molecule is NCCn1cc(C(=O)NC2CCc3ccccc32)nn1. The van der Waals surface area contributed by atoms with Crippen molar-refractivity contribution in [1.82, 2.24) is 20.3 Å². The van der Waals surface area contributed by atoms with Crippen LogP contribution in [0.4, 0.5) is 0 Å². The largest absolute Gasteiger partial charge is 0.344 e. The van der Waals surface area contributed by atoms with Crippen molar-refractivity contribution >= 4 is 5.91 Å². The Morgan fingerprint density at radius 3 is 3.15 bits per heavy atom. The topological polar surface area (TPSA) is 85.8 Å². The molecule has 1 aliphatic rings. The molecule has 0 spiro atoms. The van der Waals surface area contributed by atoms with Gasteiger partial charge in [-0.3, -0.25) is 9.48 Å². The molecule has 1 unspecified atom stereocenters. The van der Waals surface area contributed by atoms with E-state index in [1.807, 2.05) is 12.1 Å². The van der Waals surface area contributed by atoms with E-state index in [1.54, 1.807) is 10.9 Å². The minimum Gasteiger partial charge on any atom is -0.344 e. The fourth-order valence-corrected chi connectivity index (χ4v) is 2.58. The van der Waals surface area contributed by atoms with Crippen LogP contribution in [0.2, 0.25) is 0 Å². The Morgan fingerprint density at radius 1 is 1.45 bits per heavy atom. The third kappa shape index (κ3) is 2.42. The first-order valence-electron chi connectivity index (χ1n) is 6.77. The van der Waals surface area contributed by atoms with Crippen LogP contribution in [0.1, 0.15) is 34.1 Å². The molecule has 1 aromatic heterocycles. The third-order valence-electron chi connectivity index (χ3n) is 3.57. The molecular formula is C14H17N5O. The molecule has 0 saturated carbocycles. The van der Waals surface area contributed by atoms with Crippen LogP contribution in [0.25, 0.3) is 0 Å². The Balaban J connectivity index is 1.70. The summed E-state index contributed by atoms with van der Waals surface area (Å²) in [5.74, 6) is -0.185. The van der Waals surface area contributed by atoms with Gasteiger partial charge in [0, 0.05) is 6.54 Å². The van der Waals surface area contributed by atoms with E-state index in [2.05, 4.69) is 27.8 Å². The summed E-state index contributed by atoms with van der Waals surface area (Å²) in [5, 5.41) is 10.8. The predicted molar refractivity (Wildman–Crippen MR) is 74.0 cm³/mol. The number of nitrogens with two attached hydrogens (primary N) is 1. The molecule has 0 radical (unpaired) electrons. The van der Waals surface area contributed by atoms with E-state index >= 15 is 0 Å². The summed E-state index contributed by atoms with van der Waals surface area (Å²) >= 11 is 0. The summed E-state index contributed by atoms with van der Waals surface area (Å²) < 4.78 is 1.58. The summed E-state index contributed by atoms with van der Waals surface area (Å²) in [7, 11) is 0. The average Bonchev–Trinajstić information content (AvgIpc) is 3.07. The Kier molecular flexibility index (Phi) is 3.47. The highest BCUT2D eigenvalue weighted by molar-refractivity contribution is 5.92. The summed E-state index contributed by atoms with van der Waals surface area (Å²) in [6.45, 7) is 1.03. The van der Waals surface area contributed by atoms with Crippen molar-refractivity contribution in [3.63, 3.8) is 0 Å². The van der Waals surface area contributed by atoms with Gasteiger partial charge in [0.15, 0.2) is 5.69 Å². The number of fused-ring (bicyclic) bond motifs is 1. The number of amides is 1. The molecule has 1 amide bonds. The minimum absolute atomic E-state index is 0.0679. The molecule has 6 heteroatoms. The number of rotatable bonds is 4. The molecule has 104 valence electrons. The van der Waals surface area contributed by atoms with Crippen LogP contribution < -0.4 is 11.1 Å². The zero-order chi connectivity index (χ0) is 13.9. The molecule has 3 N–H and O–H groups in total. The maximum Gasteiger partial charge on any atom is 0.273 e. The van der Waals surface area contributed by atoms with E-state index < -0.39 is 0 Å². The molecule has 2 aromatic rings. The standard InChI is InChI=1S/C14H17N5O/c15-7-8-19-9-13(17-18-19)14(20)16-12-6-5-10-3-1-2-4-11(10)12/h1-4,9,12H,5-8,15H2,(H,16,20). The van der Waals surface area contributed by atoms with E-state index in [9.17, 15) is 4.79 Å². The monoisotopic (exact) mass is 271 g/mol. The Labute approximate surface area is 117 Å². The first kappa shape index (κ1) is 12.8. The molecule has 0 aliphatic heterocycles. The maximum absolute atomic E-state index is 12.2. The number of carbonyl (C=O) groups excluding carboxylic acids is 1. The van der Waals surface area contributed by atoms with Crippen molar-refractivity contribution in [3.05, 3.63) is 47.3 Å². The van der Waals surface area contributed by atoms with Crippen molar-refractivity contribution in [2.75, 3.05) is 6.54 Å². The fraction of sp³-hybridized carbons (Fsp3) is 0.357. The molecule has 1 heterocycles. The van der Waals surface area contributed by atoms with Crippen molar-refractivity contribution in [1.29, 1.82) is 0 Å². The van der Waals surface area contributed by atoms with Crippen molar-refractivity contribution in [3.8, 4) is 0 Å². The maximum atomic E-state index is 12.2. The highest BCUT2D eigenvalue weighted by Gasteiger charge is 2.24. The van der Waals surface area contributed by atoms with Crippen molar-refractivity contribution < 1.29 is 4.79 Å². The number of hydrogen-bond donors (Lipinski definition) is 2. The predicted octanol–water partition coefficient (Wildman–Crippen LogP) is 0.654. The van der Waals surface area contributed by atoms with Gasteiger partial charge < -0.3 is 11.1 Å². The molecule has 1 atom stereocenters. The van der Waals surface area contributed by atoms with Crippen molar-refractivity contribution in [2.45, 2.75) is 25.4 Å². The van der Waals surface area contributed by atoms with E-state index in [0.29, 0.717) is 18.8 Å². The van der Waals surface area contributed by atoms with Gasteiger partial charge in [-0.05, 0) is 24.0 Å². The smallest absolute Gasteiger partial charge is 0.273 e. The molecule has 0 fully saturated rings. The summed E-state index contributed by atoms with van der Waals surface area (Å²) in [6.07, 6.45) is 3.56. The fourth-order valence-electron chi connectivity index (χ4n) is 2.58. The quantitative estimate of drug-likeness (QED) is 0.855. The second-order valence-corrected chi connectivity index (χ2v) is 4.92. The number of carbonyl (C=O) groups is 1. The number of aromatic nitrogens is 3. The van der Waals surface area contributed by atoms with Crippen LogP contribution in [-0.4, -0.2) is 27.4 Å². The first-order valence-corrected chi connectivity index (χ1v) is 6.77. The molecular weight excluding hydrogens is 254 g/mol. The average molecular weight is 271 g/mol. The molecule has 3 rings (SSSR count). The van der Waals surface area contributed by atoms with Gasteiger partial charge in [0.05, 0.1) is 18.8 Å². The highest BCUT2D eigenvalue weighted by atomic mass is 16.2. The molecule has 0 saturated heterocycles. The molecule has 6 nitrogen and oxygen atoms in total. The zero-order valence-corrected chi connectivity index (χ0v) is 11.1. The van der Waals surface area contributed by atoms with Gasteiger partial charge in [-0.25, -0.2) is 0 Å². The zero-order valence-electron chi connectivity index (χ0n) is 11.1. The van der Waals surface area contributed by atoms with Crippen molar-refractivity contribution in [2.24, 2.45) is 5.73 Å². The number of nitrogens with zero attached hydrogens (tertiary/aromatic N) is 3. The van der Waals surface area contributed by atoms with Gasteiger partial charge in [0.25, 0.3) is 5.91 Å². The van der Waals surface area contributed by atoms with Crippen LogP contribution in [-0.2, 0) is 13.0 Å². The third-order valence-corrected chi connectivity index (χ3v) is 3.57. The normalized spacial score (nSPS) is 16.9. The van der Waals surface area contributed by atoms with E-state index in [1.165, 1.54) is 11.1 Å². The Hall–Kier alpha value is -2.21. The summed E-state index contributed by atoms with van der Waals surface area (Å²) in [4.78, 5) is 12.2. The van der Waals surface area contributed by atoms with Crippen LogP contribution in [0.3, 0.4) is 0 Å².